The zero-order valence-corrected chi connectivity index (χ0v) is 12.2. The summed E-state index contributed by atoms with van der Waals surface area (Å²) in [6.07, 6.45) is 1.10. The smallest absolute Gasteiger partial charge is 0.138 e. The van der Waals surface area contributed by atoms with Crippen molar-refractivity contribution < 1.29 is 4.79 Å². The SMILES string of the molecule is CC(C)(C)N1CCN(Cc2ccccc2)C(C=O)C1. The van der Waals surface area contributed by atoms with Crippen molar-refractivity contribution in [1.82, 2.24) is 9.80 Å². The minimum atomic E-state index is 0.00758. The largest absolute Gasteiger partial charge is 0.302 e. The Bertz CT molecular complexity index is 411. The van der Waals surface area contributed by atoms with Crippen molar-refractivity contribution in [3.05, 3.63) is 35.9 Å². The van der Waals surface area contributed by atoms with Gasteiger partial charge in [0.25, 0.3) is 0 Å². The van der Waals surface area contributed by atoms with Crippen LogP contribution in [-0.2, 0) is 11.3 Å². The number of carbonyl (C=O) groups excluding carboxylic acids is 1. The molecule has 3 nitrogen and oxygen atoms in total. The van der Waals surface area contributed by atoms with E-state index in [9.17, 15) is 4.79 Å². The van der Waals surface area contributed by atoms with Gasteiger partial charge in [-0.1, -0.05) is 30.3 Å². The highest BCUT2D eigenvalue weighted by Gasteiger charge is 2.31. The monoisotopic (exact) mass is 260 g/mol. The van der Waals surface area contributed by atoms with Gasteiger partial charge in [-0.15, -0.1) is 0 Å². The summed E-state index contributed by atoms with van der Waals surface area (Å²) in [7, 11) is 0. The predicted octanol–water partition coefficient (Wildman–Crippen LogP) is 2.17. The van der Waals surface area contributed by atoms with E-state index in [1.54, 1.807) is 0 Å². The van der Waals surface area contributed by atoms with Gasteiger partial charge in [-0.2, -0.15) is 0 Å². The minimum Gasteiger partial charge on any atom is -0.302 e. The maximum Gasteiger partial charge on any atom is 0.138 e. The number of carbonyl (C=O) groups is 1. The van der Waals surface area contributed by atoms with Crippen LogP contribution in [0.5, 0.6) is 0 Å². The highest BCUT2D eigenvalue weighted by Crippen LogP contribution is 2.20. The second-order valence-electron chi connectivity index (χ2n) is 6.28. The first-order valence-corrected chi connectivity index (χ1v) is 6.99. The van der Waals surface area contributed by atoms with Crippen LogP contribution < -0.4 is 0 Å². The summed E-state index contributed by atoms with van der Waals surface area (Å²) >= 11 is 0. The van der Waals surface area contributed by atoms with E-state index in [1.165, 1.54) is 5.56 Å². The van der Waals surface area contributed by atoms with Crippen LogP contribution in [0.1, 0.15) is 26.3 Å². The molecule has 0 saturated carbocycles. The van der Waals surface area contributed by atoms with Crippen molar-refractivity contribution in [2.24, 2.45) is 0 Å². The molecule has 0 aliphatic carbocycles. The van der Waals surface area contributed by atoms with E-state index in [2.05, 4.69) is 54.8 Å². The molecule has 2 rings (SSSR count). The van der Waals surface area contributed by atoms with E-state index in [4.69, 9.17) is 0 Å². The molecule has 1 heterocycles. The Morgan fingerprint density at radius 2 is 1.89 bits per heavy atom. The Morgan fingerprint density at radius 3 is 2.47 bits per heavy atom. The second kappa shape index (κ2) is 5.85. The fourth-order valence-corrected chi connectivity index (χ4v) is 2.60. The van der Waals surface area contributed by atoms with E-state index < -0.39 is 0 Å². The van der Waals surface area contributed by atoms with E-state index in [0.29, 0.717) is 0 Å². The summed E-state index contributed by atoms with van der Waals surface area (Å²) in [6.45, 7) is 10.3. The normalized spacial score (nSPS) is 22.4. The lowest BCUT2D eigenvalue weighted by Gasteiger charge is -2.45. The van der Waals surface area contributed by atoms with Gasteiger partial charge in [-0.05, 0) is 26.3 Å². The van der Waals surface area contributed by atoms with Crippen molar-refractivity contribution in [1.29, 1.82) is 0 Å². The van der Waals surface area contributed by atoms with Gasteiger partial charge in [0.15, 0.2) is 0 Å². The van der Waals surface area contributed by atoms with Crippen molar-refractivity contribution in [2.75, 3.05) is 19.6 Å². The van der Waals surface area contributed by atoms with Crippen LogP contribution in [0.25, 0.3) is 0 Å². The zero-order chi connectivity index (χ0) is 13.9. The van der Waals surface area contributed by atoms with E-state index in [-0.39, 0.29) is 11.6 Å². The molecule has 1 aromatic rings. The molecule has 0 N–H and O–H groups in total. The molecule has 1 saturated heterocycles. The average Bonchev–Trinajstić information content (AvgIpc) is 2.39. The Labute approximate surface area is 116 Å². The number of nitrogens with zero attached hydrogens (tertiary/aromatic N) is 2. The predicted molar refractivity (Wildman–Crippen MR) is 78.0 cm³/mol. The Balaban J connectivity index is 2.02. The van der Waals surface area contributed by atoms with Crippen LogP contribution in [0, 0.1) is 0 Å². The van der Waals surface area contributed by atoms with Crippen LogP contribution in [-0.4, -0.2) is 47.3 Å². The van der Waals surface area contributed by atoms with Crippen LogP contribution in [0.15, 0.2) is 30.3 Å². The van der Waals surface area contributed by atoms with Crippen molar-refractivity contribution in [2.45, 2.75) is 38.9 Å². The van der Waals surface area contributed by atoms with E-state index in [1.807, 2.05) is 6.07 Å². The number of rotatable bonds is 3. The van der Waals surface area contributed by atoms with Crippen LogP contribution in [0.3, 0.4) is 0 Å². The van der Waals surface area contributed by atoms with Crippen LogP contribution >= 0.6 is 0 Å². The van der Waals surface area contributed by atoms with Crippen LogP contribution in [0.2, 0.25) is 0 Å². The Hall–Kier alpha value is -1.19. The third kappa shape index (κ3) is 3.64. The van der Waals surface area contributed by atoms with E-state index in [0.717, 1.165) is 32.5 Å². The number of hydrogen-bond acceptors (Lipinski definition) is 3. The maximum atomic E-state index is 11.4. The molecule has 1 unspecified atom stereocenters. The third-order valence-corrected chi connectivity index (χ3v) is 3.87. The maximum absolute atomic E-state index is 11.4. The average molecular weight is 260 g/mol. The summed E-state index contributed by atoms with van der Waals surface area (Å²) < 4.78 is 0. The lowest BCUT2D eigenvalue weighted by atomic mass is 10.0. The minimum absolute atomic E-state index is 0.00758. The molecule has 1 aliphatic heterocycles. The molecule has 0 amide bonds. The third-order valence-electron chi connectivity index (χ3n) is 3.87. The fourth-order valence-electron chi connectivity index (χ4n) is 2.60. The van der Waals surface area contributed by atoms with Gasteiger partial charge in [-0.3, -0.25) is 9.80 Å². The number of aldehydes is 1. The summed E-state index contributed by atoms with van der Waals surface area (Å²) in [4.78, 5) is 16.0. The number of benzene rings is 1. The molecule has 1 atom stereocenters. The van der Waals surface area contributed by atoms with Crippen molar-refractivity contribution >= 4 is 6.29 Å². The van der Waals surface area contributed by atoms with Gasteiger partial charge in [0.2, 0.25) is 0 Å². The van der Waals surface area contributed by atoms with E-state index >= 15 is 0 Å². The molecular formula is C16H24N2O. The Kier molecular flexibility index (Phi) is 4.38. The molecule has 1 aliphatic rings. The quantitative estimate of drug-likeness (QED) is 0.778. The highest BCUT2D eigenvalue weighted by atomic mass is 16.1. The first-order valence-electron chi connectivity index (χ1n) is 6.99. The molecule has 0 bridgehead atoms. The molecular weight excluding hydrogens is 236 g/mol. The van der Waals surface area contributed by atoms with Gasteiger partial charge in [0.1, 0.15) is 6.29 Å². The van der Waals surface area contributed by atoms with Gasteiger partial charge < -0.3 is 4.79 Å². The molecule has 3 heteroatoms. The molecule has 1 fully saturated rings. The number of piperazine rings is 1. The summed E-state index contributed by atoms with van der Waals surface area (Å²) in [6, 6.07) is 10.4. The standard InChI is InChI=1S/C16H24N2O/c1-16(2,3)18-10-9-17(15(12-18)13-19)11-14-7-5-4-6-8-14/h4-8,13,15H,9-12H2,1-3H3. The topological polar surface area (TPSA) is 23.6 Å². The molecule has 1 aromatic carbocycles. The Morgan fingerprint density at radius 1 is 1.21 bits per heavy atom. The first-order chi connectivity index (χ1) is 9.00. The molecule has 0 spiro atoms. The van der Waals surface area contributed by atoms with Gasteiger partial charge in [-0.25, -0.2) is 0 Å². The molecule has 19 heavy (non-hydrogen) atoms. The lowest BCUT2D eigenvalue weighted by molar-refractivity contribution is -0.116. The van der Waals surface area contributed by atoms with Gasteiger partial charge in [0.05, 0.1) is 6.04 Å². The summed E-state index contributed by atoms with van der Waals surface area (Å²) in [5.74, 6) is 0. The van der Waals surface area contributed by atoms with Crippen molar-refractivity contribution in [3.63, 3.8) is 0 Å². The molecule has 0 radical (unpaired) electrons. The van der Waals surface area contributed by atoms with Crippen molar-refractivity contribution in [3.8, 4) is 0 Å². The summed E-state index contributed by atoms with van der Waals surface area (Å²) in [5.41, 5.74) is 1.42. The molecule has 104 valence electrons. The second-order valence-corrected chi connectivity index (χ2v) is 6.28. The fraction of sp³-hybridized carbons (Fsp3) is 0.562. The first kappa shape index (κ1) is 14.2. The highest BCUT2D eigenvalue weighted by molar-refractivity contribution is 5.58. The van der Waals surface area contributed by atoms with Crippen LogP contribution in [0.4, 0.5) is 0 Å². The zero-order valence-electron chi connectivity index (χ0n) is 12.2. The van der Waals surface area contributed by atoms with Gasteiger partial charge in [0, 0.05) is 31.7 Å². The van der Waals surface area contributed by atoms with Gasteiger partial charge >= 0.3 is 0 Å². The lowest BCUT2D eigenvalue weighted by Crippen LogP contribution is -2.58. The number of hydrogen-bond donors (Lipinski definition) is 0. The summed E-state index contributed by atoms with van der Waals surface area (Å²) in [5, 5.41) is 0. The molecule has 0 aromatic heterocycles.